The first-order valence-electron chi connectivity index (χ1n) is 26.1. The zero-order chi connectivity index (χ0) is 57.5. The van der Waals surface area contributed by atoms with Crippen LogP contribution in [0.25, 0.3) is 41.3 Å². The normalized spacial score (nSPS) is 22.6. The maximum absolute atomic E-state index is 12.7. The second kappa shape index (κ2) is 25.1. The minimum Gasteiger partial charge on any atom is -1.51 e. The van der Waals surface area contributed by atoms with Crippen LogP contribution in [-0.2, 0) is 28.3 Å². The van der Waals surface area contributed by atoms with Gasteiger partial charge in [-0.1, -0.05) is 47.5 Å². The van der Waals surface area contributed by atoms with E-state index >= 15 is 0 Å². The third kappa shape index (κ3) is 14.2. The molecule has 81 heavy (non-hydrogen) atoms. The van der Waals surface area contributed by atoms with Crippen LogP contribution in [0.4, 0.5) is 21.0 Å². The van der Waals surface area contributed by atoms with E-state index in [2.05, 4.69) is 45.6 Å². The van der Waals surface area contributed by atoms with E-state index in [0.717, 1.165) is 41.5 Å². The average molecular weight is 1260 g/mol. The molecular weight excluding hydrogens is 1200 g/mol. The lowest BCUT2D eigenvalue weighted by Crippen LogP contribution is -2.59. The Kier molecular flexibility index (Phi) is 19.2. The third-order valence-corrected chi connectivity index (χ3v) is 17.9. The molecule has 6 aromatic rings. The van der Waals surface area contributed by atoms with Crippen LogP contribution in [0.1, 0.15) is 69.2 Å². The number of benzene rings is 2. The van der Waals surface area contributed by atoms with Crippen LogP contribution in [0.2, 0.25) is 10.0 Å². The van der Waals surface area contributed by atoms with Gasteiger partial charge in [-0.3, -0.25) is 0 Å². The number of halogens is 3. The second-order valence-electron chi connectivity index (χ2n) is 23.2. The highest BCUT2D eigenvalue weighted by Crippen LogP contribution is 2.43. The van der Waals surface area contributed by atoms with Crippen molar-refractivity contribution in [2.75, 3.05) is 52.6 Å². The lowest BCUT2D eigenvalue weighted by Gasteiger charge is -2.46. The fourth-order valence-corrected chi connectivity index (χ4v) is 12.9. The van der Waals surface area contributed by atoms with Gasteiger partial charge in [0.1, 0.15) is 51.0 Å². The van der Waals surface area contributed by atoms with Crippen molar-refractivity contribution in [2.45, 2.75) is 104 Å². The molecule has 18 nitrogen and oxygen atoms in total. The Morgan fingerprint density at radius 2 is 1.10 bits per heavy atom. The molecule has 4 atom stereocenters. The predicted molar refractivity (Wildman–Crippen MR) is 321 cm³/mol. The molecule has 0 aliphatic carbocycles. The first-order chi connectivity index (χ1) is 37.8. The lowest BCUT2D eigenvalue weighted by atomic mass is 9.79. The van der Waals surface area contributed by atoms with E-state index in [0.29, 0.717) is 85.8 Å². The molecule has 25 heteroatoms. The van der Waals surface area contributed by atoms with Gasteiger partial charge in [0.25, 0.3) is 0 Å². The van der Waals surface area contributed by atoms with Gasteiger partial charge < -0.3 is 57.4 Å². The summed E-state index contributed by atoms with van der Waals surface area (Å²) >= 11 is 19.2. The summed E-state index contributed by atoms with van der Waals surface area (Å²) in [4.78, 5) is 53.1. The highest BCUT2D eigenvalue weighted by Gasteiger charge is 2.52. The Morgan fingerprint density at radius 3 is 1.54 bits per heavy atom. The molecule has 5 saturated heterocycles. The quantitative estimate of drug-likeness (QED) is 0.0875. The number of likely N-dealkylation sites (tertiary alicyclic amines) is 2. The van der Waals surface area contributed by atoms with E-state index in [9.17, 15) is 9.59 Å². The molecule has 4 aromatic heterocycles. The van der Waals surface area contributed by atoms with Gasteiger partial charge in [0.15, 0.2) is 11.4 Å². The average Bonchev–Trinajstić information content (AvgIpc) is 4.24. The molecular formula is C56H63BBrCl2N8O10PS2-2. The van der Waals surface area contributed by atoms with Gasteiger partial charge in [-0.2, -0.15) is 0 Å². The van der Waals surface area contributed by atoms with E-state index in [-0.39, 0.29) is 69.2 Å². The Bertz CT molecular complexity index is 3320. The molecule has 5 aliphatic heterocycles. The van der Waals surface area contributed by atoms with Crippen molar-refractivity contribution in [3.8, 4) is 22.9 Å². The van der Waals surface area contributed by atoms with Crippen molar-refractivity contribution in [3.63, 3.8) is 0 Å². The molecule has 5 fully saturated rings. The van der Waals surface area contributed by atoms with Crippen molar-refractivity contribution in [2.24, 2.45) is 23.7 Å². The van der Waals surface area contributed by atoms with Gasteiger partial charge in [-0.15, -0.1) is 22.7 Å². The topological polar surface area (TPSA) is 175 Å². The van der Waals surface area contributed by atoms with Gasteiger partial charge in [-0.25, -0.2) is 39.2 Å². The van der Waals surface area contributed by atoms with Crippen LogP contribution in [0, 0.1) is 36.8 Å². The van der Waals surface area contributed by atoms with Gasteiger partial charge in [-0.05, 0) is 103 Å². The maximum atomic E-state index is 12.7. The number of nitrogens with zero attached hydrogens (tertiary/aromatic N) is 8. The van der Waals surface area contributed by atoms with Crippen LogP contribution >= 0.6 is 71.7 Å². The monoisotopic (exact) mass is 1260 g/mol. The molecule has 430 valence electrons. The Balaban J connectivity index is 0.000000167. The number of ether oxygens (including phenoxy) is 6. The summed E-state index contributed by atoms with van der Waals surface area (Å²) in [6.45, 7) is 37.6. The number of piperidine rings is 2. The highest BCUT2D eigenvalue weighted by molar-refractivity contribution is 9.10. The van der Waals surface area contributed by atoms with Crippen LogP contribution in [0.15, 0.2) is 64.3 Å². The van der Waals surface area contributed by atoms with Gasteiger partial charge in [0, 0.05) is 81.8 Å². The molecule has 2 amide bonds. The van der Waals surface area contributed by atoms with E-state index in [1.807, 2.05) is 86.1 Å². The second-order valence-corrected chi connectivity index (χ2v) is 26.6. The van der Waals surface area contributed by atoms with Gasteiger partial charge in [0.05, 0.1) is 60.8 Å². The molecule has 0 N–H and O–H groups in total. The lowest BCUT2D eigenvalue weighted by molar-refractivity contribution is -0.113. The van der Waals surface area contributed by atoms with Crippen molar-refractivity contribution in [1.82, 2.24) is 29.7 Å². The van der Waals surface area contributed by atoms with Crippen molar-refractivity contribution < 1.29 is 47.3 Å². The zero-order valence-electron chi connectivity index (χ0n) is 46.6. The predicted octanol–water partition coefficient (Wildman–Crippen LogP) is 13.3. The largest absolute Gasteiger partial charge is 1.51 e. The Labute approximate surface area is 502 Å². The summed E-state index contributed by atoms with van der Waals surface area (Å²) in [5, 5.41) is 4.98. The summed E-state index contributed by atoms with van der Waals surface area (Å²) < 4.78 is 50.1. The molecule has 11 rings (SSSR count). The highest BCUT2D eigenvalue weighted by atomic mass is 79.9. The fraction of sp³-hybridized carbons (Fsp3) is 0.500. The fourth-order valence-electron chi connectivity index (χ4n) is 9.92. The van der Waals surface area contributed by atoms with E-state index < -0.39 is 18.3 Å². The minimum atomic E-state index is -0.543. The van der Waals surface area contributed by atoms with Crippen molar-refractivity contribution >= 4 is 128 Å². The van der Waals surface area contributed by atoms with Gasteiger partial charge in [0.2, 0.25) is 11.8 Å². The van der Waals surface area contributed by atoms with Crippen LogP contribution in [0.3, 0.4) is 0 Å². The summed E-state index contributed by atoms with van der Waals surface area (Å²) in [6, 6.07) is 10.4. The summed E-state index contributed by atoms with van der Waals surface area (Å²) in [7, 11) is -0.484. The van der Waals surface area contributed by atoms with E-state index in [4.69, 9.17) is 74.1 Å². The summed E-state index contributed by atoms with van der Waals surface area (Å²) in [5.41, 5.74) is 3.24. The number of amides is 2. The van der Waals surface area contributed by atoms with Crippen LogP contribution in [-0.4, -0.2) is 136 Å². The molecule has 0 saturated carbocycles. The number of aromatic nitrogens is 4. The minimum absolute atomic E-state index is 0. The third-order valence-electron chi connectivity index (χ3n) is 14.4. The summed E-state index contributed by atoms with van der Waals surface area (Å²) in [5.74, 6) is 1.30. The first-order valence-corrected chi connectivity index (χ1v) is 29.4. The Hall–Kier alpha value is -4.97. The number of hydrogen-bond donors (Lipinski definition) is 0. The molecule has 5 aliphatic rings. The standard InChI is InChI=1S/C25H25ClN4O4S.C18H22BrN3O4S.C13H15BClNO2.HP/c1-25(2,3)34-24(31)30-8-14-10-32-11-15(9-30)21(14)33-23-22-20(28-13-29-23)18(12-35-22)17-6-5-16(27-4)7-19(17)26;1-18(2,3)26-17(23)22-4-10-6-24-7-11(5-22)14(10)25-16-15-13(20-9-21-16)12(19)8-27-15;1-12(2)13(3,4)18-14(17-12)10-7-6-9(16-5)8-11(10)15;/h5-7,12-15,21H,8-11H2,1-3H3;8-11,14H,4-7H2,1-3H3;6-8H,1-4H3;1H/q;;;-2. The molecule has 0 radical (unpaired) electrons. The van der Waals surface area contributed by atoms with Gasteiger partial charge >= 0.3 is 19.3 Å². The molecule has 0 spiro atoms. The van der Waals surface area contributed by atoms with E-state index in [1.165, 1.54) is 24.0 Å². The van der Waals surface area contributed by atoms with Crippen LogP contribution in [0.5, 0.6) is 11.8 Å². The zero-order valence-corrected chi connectivity index (χ0v) is 52.3. The smallest absolute Gasteiger partial charge is 0.496 e. The number of thiophene rings is 2. The van der Waals surface area contributed by atoms with Crippen molar-refractivity contribution in [3.05, 3.63) is 97.2 Å². The number of fused-ring (bicyclic) bond motifs is 6. The molecule has 9 heterocycles. The Morgan fingerprint density at radius 1 is 0.667 bits per heavy atom. The van der Waals surface area contributed by atoms with Crippen LogP contribution < -0.4 is 14.9 Å². The van der Waals surface area contributed by atoms with E-state index in [1.54, 1.807) is 51.5 Å². The number of carbonyl (C=O) groups is 2. The first kappa shape index (κ1) is 62.1. The maximum Gasteiger partial charge on any atom is 0.496 e. The summed E-state index contributed by atoms with van der Waals surface area (Å²) in [6.07, 6.45) is 2.27. The molecule has 4 bridgehead atoms. The SMILES string of the molecule is CC(C)(C)OC(=O)N1CC2COCC(C1)C2Oc1ncnc2c(Br)csc12.[C-]#[N+]c1ccc(-c2csc3c(OC4C5COCC4CN(C(=O)OC(C)(C)C)C5)ncnc23)c(Cl)c1.[C-]#[N+]c1ccc(B2OC(C)(C)C(C)(C)O2)c(Cl)c1.[PH-2]. The number of rotatable bonds is 6. The van der Waals surface area contributed by atoms with Crippen molar-refractivity contribution in [1.29, 1.82) is 0 Å². The number of carbonyl (C=O) groups excluding carboxylic acids is 2. The molecule has 4 unspecified atom stereocenters. The molecule has 2 aromatic carbocycles. The number of hydrogen-bond acceptors (Lipinski definition) is 16.